The number of ether oxygens (including phenoxy) is 2. The third kappa shape index (κ3) is 4.97. The molecule has 8 nitrogen and oxygen atoms in total. The van der Waals surface area contributed by atoms with E-state index in [1.165, 1.54) is 41.8 Å². The lowest BCUT2D eigenvalue weighted by Crippen LogP contribution is -2.49. The van der Waals surface area contributed by atoms with Crippen LogP contribution in [0.3, 0.4) is 0 Å². The minimum Gasteiger partial charge on any atom is -0.493 e. The second-order valence-corrected chi connectivity index (χ2v) is 8.94. The van der Waals surface area contributed by atoms with Crippen LogP contribution in [-0.4, -0.2) is 38.4 Å². The minimum absolute atomic E-state index is 0.0826. The lowest BCUT2D eigenvalue weighted by Gasteiger charge is -2.33. The van der Waals surface area contributed by atoms with Gasteiger partial charge >= 0.3 is 5.97 Å². The molecule has 1 heterocycles. The van der Waals surface area contributed by atoms with Crippen LogP contribution in [0.4, 0.5) is 0 Å². The van der Waals surface area contributed by atoms with Crippen molar-refractivity contribution in [2.75, 3.05) is 13.7 Å². The molecule has 0 bridgehead atoms. The highest BCUT2D eigenvalue weighted by Crippen LogP contribution is 2.31. The number of piperidine rings is 1. The molecule has 0 N–H and O–H groups in total. The number of hydrogen-bond donors (Lipinski definition) is 0. The van der Waals surface area contributed by atoms with E-state index in [1.807, 2.05) is 0 Å². The van der Waals surface area contributed by atoms with Gasteiger partial charge in [0.2, 0.25) is 10.0 Å². The third-order valence-corrected chi connectivity index (χ3v) is 6.95. The summed E-state index contributed by atoms with van der Waals surface area (Å²) >= 11 is 0. The summed E-state index contributed by atoms with van der Waals surface area (Å²) in [6.07, 6.45) is 3.08. The molecule has 1 aliphatic rings. The molecule has 32 heavy (non-hydrogen) atoms. The van der Waals surface area contributed by atoms with Crippen molar-refractivity contribution < 1.29 is 22.7 Å². The summed E-state index contributed by atoms with van der Waals surface area (Å²) in [6, 6.07) is 15.1. The molecule has 1 aliphatic heterocycles. The molecular weight excluding hydrogens is 430 g/mol. The van der Waals surface area contributed by atoms with Crippen molar-refractivity contribution in [2.24, 2.45) is 0 Å². The molecule has 1 saturated heterocycles. The first-order valence-electron chi connectivity index (χ1n) is 9.89. The van der Waals surface area contributed by atoms with Crippen LogP contribution in [0.25, 0.3) is 6.08 Å². The van der Waals surface area contributed by atoms with E-state index in [0.717, 1.165) is 0 Å². The Hall–Kier alpha value is -3.66. The first-order chi connectivity index (χ1) is 15.4. The van der Waals surface area contributed by atoms with Crippen LogP contribution >= 0.6 is 0 Å². The average Bonchev–Trinajstić information content (AvgIpc) is 2.83. The zero-order valence-electron chi connectivity index (χ0n) is 17.4. The maximum absolute atomic E-state index is 13.1. The van der Waals surface area contributed by atoms with Crippen molar-refractivity contribution in [3.63, 3.8) is 0 Å². The maximum Gasteiger partial charge on any atom is 0.329 e. The predicted molar refractivity (Wildman–Crippen MR) is 116 cm³/mol. The number of carbonyl (C=O) groups excluding carboxylic acids is 1. The van der Waals surface area contributed by atoms with E-state index in [0.29, 0.717) is 24.8 Å². The second-order valence-electron chi connectivity index (χ2n) is 7.05. The third-order valence-electron chi connectivity index (χ3n) is 5.03. The molecule has 1 unspecified atom stereocenters. The number of nitrogens with zero attached hydrogens (tertiary/aromatic N) is 3. The van der Waals surface area contributed by atoms with E-state index in [1.54, 1.807) is 36.4 Å². The van der Waals surface area contributed by atoms with Gasteiger partial charge in [0.25, 0.3) is 0 Å². The molecule has 164 valence electrons. The molecule has 2 aromatic rings. The molecule has 2 aromatic carbocycles. The number of carbonyl (C=O) groups is 1. The lowest BCUT2D eigenvalue weighted by atomic mass is 10.1. The molecule has 1 fully saturated rings. The Kier molecular flexibility index (Phi) is 7.26. The lowest BCUT2D eigenvalue weighted by molar-refractivity contribution is -0.139. The van der Waals surface area contributed by atoms with Gasteiger partial charge in [-0.2, -0.15) is 14.8 Å². The van der Waals surface area contributed by atoms with Crippen molar-refractivity contribution in [3.8, 4) is 23.6 Å². The van der Waals surface area contributed by atoms with E-state index in [9.17, 15) is 13.2 Å². The molecule has 0 aliphatic carbocycles. The maximum atomic E-state index is 13.1. The van der Waals surface area contributed by atoms with Gasteiger partial charge in [-0.1, -0.05) is 24.3 Å². The monoisotopic (exact) mass is 451 g/mol. The highest BCUT2D eigenvalue weighted by Gasteiger charge is 2.39. The molecule has 3 rings (SSSR count). The molecule has 0 aromatic heterocycles. The molecule has 0 spiro atoms. The Labute approximate surface area is 187 Å². The fourth-order valence-corrected chi connectivity index (χ4v) is 5.11. The van der Waals surface area contributed by atoms with E-state index in [2.05, 4.69) is 0 Å². The number of hydrogen-bond acceptors (Lipinski definition) is 7. The van der Waals surface area contributed by atoms with Gasteiger partial charge < -0.3 is 9.47 Å². The van der Waals surface area contributed by atoms with Crippen LogP contribution in [0.1, 0.15) is 24.8 Å². The number of methoxy groups -OCH3 is 1. The van der Waals surface area contributed by atoms with Gasteiger partial charge in [-0.15, -0.1) is 0 Å². The molecular formula is C23H21N3O5S. The van der Waals surface area contributed by atoms with Crippen molar-refractivity contribution in [1.29, 1.82) is 10.5 Å². The molecule has 9 heteroatoms. The Morgan fingerprint density at radius 1 is 1.09 bits per heavy atom. The number of nitriles is 2. The summed E-state index contributed by atoms with van der Waals surface area (Å²) in [5.74, 6) is -0.358. The smallest absolute Gasteiger partial charge is 0.329 e. The Balaban J connectivity index is 1.86. The van der Waals surface area contributed by atoms with Crippen LogP contribution in [0.2, 0.25) is 0 Å². The highest BCUT2D eigenvalue weighted by molar-refractivity contribution is 7.89. The van der Waals surface area contributed by atoms with E-state index in [-0.39, 0.29) is 28.5 Å². The van der Waals surface area contributed by atoms with E-state index >= 15 is 0 Å². The van der Waals surface area contributed by atoms with Crippen molar-refractivity contribution in [3.05, 3.63) is 59.7 Å². The molecule has 1 atom stereocenters. The van der Waals surface area contributed by atoms with Crippen LogP contribution in [0.15, 0.2) is 59.0 Å². The first-order valence-corrected chi connectivity index (χ1v) is 11.3. The quantitative estimate of drug-likeness (QED) is 0.375. The fraction of sp³-hybridized carbons (Fsp3) is 0.261. The van der Waals surface area contributed by atoms with Crippen molar-refractivity contribution >= 4 is 22.1 Å². The summed E-state index contributed by atoms with van der Waals surface area (Å²) < 4.78 is 38.2. The molecule has 0 amide bonds. The van der Waals surface area contributed by atoms with E-state index in [4.69, 9.17) is 20.0 Å². The van der Waals surface area contributed by atoms with Gasteiger partial charge in [0, 0.05) is 6.54 Å². The van der Waals surface area contributed by atoms with Gasteiger partial charge in [0.15, 0.2) is 11.5 Å². The van der Waals surface area contributed by atoms with Crippen LogP contribution in [0, 0.1) is 22.7 Å². The highest BCUT2D eigenvalue weighted by atomic mass is 32.2. The Morgan fingerprint density at radius 2 is 1.81 bits per heavy atom. The largest absolute Gasteiger partial charge is 0.493 e. The van der Waals surface area contributed by atoms with Gasteiger partial charge in [-0.25, -0.2) is 13.2 Å². The van der Waals surface area contributed by atoms with Crippen LogP contribution in [0.5, 0.6) is 11.5 Å². The number of rotatable bonds is 6. The van der Waals surface area contributed by atoms with Gasteiger partial charge in [0.05, 0.1) is 12.0 Å². The van der Waals surface area contributed by atoms with Crippen molar-refractivity contribution in [1.82, 2.24) is 4.31 Å². The Morgan fingerprint density at radius 3 is 2.47 bits per heavy atom. The minimum atomic E-state index is -3.86. The summed E-state index contributed by atoms with van der Waals surface area (Å²) in [7, 11) is -2.47. The summed E-state index contributed by atoms with van der Waals surface area (Å²) in [6.45, 7) is 0.225. The zero-order valence-corrected chi connectivity index (χ0v) is 18.2. The van der Waals surface area contributed by atoms with Crippen molar-refractivity contribution in [2.45, 2.75) is 30.2 Å². The average molecular weight is 452 g/mol. The first kappa shape index (κ1) is 23.0. The van der Waals surface area contributed by atoms with Gasteiger partial charge in [0.1, 0.15) is 23.8 Å². The second kappa shape index (κ2) is 10.1. The topological polar surface area (TPSA) is 120 Å². The standard InChI is InChI=1S/C23H21N3O5S/c1-30-22-14-17(13-18(15-24)16-25)10-11-21(22)31-23(27)20-9-5-6-12-26(20)32(28,29)19-7-3-2-4-8-19/h2-4,7-8,10-11,13-14,20H,5-6,9,12H2,1H3. The number of benzene rings is 2. The normalized spacial score (nSPS) is 16.3. The predicted octanol–water partition coefficient (Wildman–Crippen LogP) is 3.27. The number of allylic oxidation sites excluding steroid dienone is 1. The fourth-order valence-electron chi connectivity index (χ4n) is 3.45. The van der Waals surface area contributed by atoms with E-state index < -0.39 is 22.0 Å². The number of sulfonamides is 1. The summed E-state index contributed by atoms with van der Waals surface area (Å²) in [4.78, 5) is 13.1. The van der Waals surface area contributed by atoms with Gasteiger partial charge in [-0.3, -0.25) is 0 Å². The summed E-state index contributed by atoms with van der Waals surface area (Å²) in [5, 5.41) is 17.8. The molecule has 0 radical (unpaired) electrons. The number of esters is 1. The summed E-state index contributed by atoms with van der Waals surface area (Å²) in [5.41, 5.74) is 0.437. The zero-order chi connectivity index (χ0) is 23.1. The molecule has 0 saturated carbocycles. The van der Waals surface area contributed by atoms with Gasteiger partial charge in [-0.05, 0) is 55.2 Å². The van der Waals surface area contributed by atoms with Crippen LogP contribution < -0.4 is 9.47 Å². The van der Waals surface area contributed by atoms with Crippen LogP contribution in [-0.2, 0) is 14.8 Å². The Bertz CT molecular complexity index is 1190. The SMILES string of the molecule is COc1cc(C=C(C#N)C#N)ccc1OC(=O)C1CCCCN1S(=O)(=O)c1ccccc1.